The summed E-state index contributed by atoms with van der Waals surface area (Å²) >= 11 is 0. The van der Waals surface area contributed by atoms with Crippen LogP contribution in [0.4, 0.5) is 43.9 Å². The molecule has 0 N–H and O–H groups in total. The van der Waals surface area contributed by atoms with Crippen LogP contribution >= 0.6 is 7.26 Å². The molecule has 13 heteroatoms. The van der Waals surface area contributed by atoms with E-state index < -0.39 is 94.9 Å². The molecule has 1 nitrogen and oxygen atoms in total. The smallest absolute Gasteiger partial charge is 0.200 e. The third-order valence-corrected chi connectivity index (χ3v) is 15.6. The van der Waals surface area contributed by atoms with Gasteiger partial charge in [0.25, 0.3) is 0 Å². The summed E-state index contributed by atoms with van der Waals surface area (Å²) in [7, 11) is -3.29. The Balaban J connectivity index is 1.82. The van der Waals surface area contributed by atoms with Crippen LogP contribution in [0.25, 0.3) is 6.08 Å². The molecule has 0 saturated carbocycles. The fourth-order valence-electron chi connectivity index (χ4n) is 8.70. The normalized spacial score (nSPS) is 16.7. The van der Waals surface area contributed by atoms with Gasteiger partial charge in [-0.05, 0) is 75.4 Å². The zero-order chi connectivity index (χ0) is 39.6. The SMILES string of the molecule is Cc1cc(C)c([P+]2(c3c(C)cc(C)cc3C)CC[B-](c3c(F)c(F)c(F)c(F)c3F)(c3c(F)c(F)c(F)c(F)c3F)O[C@H]2/C=C/c2ccccc2)c(C)c1. The third kappa shape index (κ3) is 6.06. The number of hydrogen-bond donors (Lipinski definition) is 0. The standard InChI is InChI=1S/C41H34BF10OP/c1-20-16-22(3)40(23(4)17-20)54(41-24(5)18-21(2)19-25(41)6)15-14-42(28-30(43)34(47)38(51)35(48)31(28)44,29-32(45)36(49)39(52)37(50)33(29)46)53-27(54)13-12-26-10-8-7-9-11-26/h7-13,16-19,27H,14-15H2,1-6H3/b13-12+/t27-/m1/s1. The van der Waals surface area contributed by atoms with Gasteiger partial charge in [-0.3, -0.25) is 0 Å². The number of rotatable bonds is 6. The molecule has 0 aliphatic carbocycles. The number of hydrogen-bond acceptors (Lipinski definition) is 1. The van der Waals surface area contributed by atoms with Crippen LogP contribution in [0.5, 0.6) is 0 Å². The Morgan fingerprint density at radius 1 is 0.537 bits per heavy atom. The van der Waals surface area contributed by atoms with Crippen molar-refractivity contribution in [2.75, 3.05) is 6.16 Å². The lowest BCUT2D eigenvalue weighted by atomic mass is 9.29. The van der Waals surface area contributed by atoms with Gasteiger partial charge in [-0.15, -0.1) is 6.32 Å². The molecular formula is C41H34BF10OP. The Morgan fingerprint density at radius 2 is 0.889 bits per heavy atom. The van der Waals surface area contributed by atoms with E-state index in [0.29, 0.717) is 5.56 Å². The summed E-state index contributed by atoms with van der Waals surface area (Å²) in [6, 6.07) is 16.2. The molecule has 0 amide bonds. The highest BCUT2D eigenvalue weighted by Crippen LogP contribution is 2.67. The maximum Gasteiger partial charge on any atom is 0.200 e. The minimum atomic E-state index is -4.48. The third-order valence-electron chi connectivity index (χ3n) is 10.4. The summed E-state index contributed by atoms with van der Waals surface area (Å²) in [6.07, 6.45) is -2.61. The molecule has 0 unspecified atom stereocenters. The molecule has 0 radical (unpaired) electrons. The van der Waals surface area contributed by atoms with Crippen molar-refractivity contribution in [1.29, 1.82) is 0 Å². The Labute approximate surface area is 307 Å². The molecule has 1 aliphatic rings. The minimum Gasteiger partial charge on any atom is -0.547 e. The topological polar surface area (TPSA) is 9.23 Å². The molecular weight excluding hydrogens is 740 g/mol. The van der Waals surface area contributed by atoms with Crippen molar-refractivity contribution in [2.24, 2.45) is 0 Å². The summed E-state index contributed by atoms with van der Waals surface area (Å²) in [5.41, 5.74) is 1.75. The van der Waals surface area contributed by atoms with Crippen molar-refractivity contribution in [1.82, 2.24) is 0 Å². The zero-order valence-electron chi connectivity index (χ0n) is 30.1. The largest absolute Gasteiger partial charge is 0.547 e. The molecule has 0 spiro atoms. The first-order valence-electron chi connectivity index (χ1n) is 17.0. The van der Waals surface area contributed by atoms with Crippen molar-refractivity contribution in [3.05, 3.63) is 158 Å². The number of benzene rings is 5. The maximum absolute atomic E-state index is 16.1. The molecule has 1 fully saturated rings. The lowest BCUT2D eigenvalue weighted by Gasteiger charge is -2.53. The van der Waals surface area contributed by atoms with Gasteiger partial charge >= 0.3 is 0 Å². The Kier molecular flexibility index (Phi) is 10.4. The van der Waals surface area contributed by atoms with Crippen LogP contribution in [0.1, 0.15) is 38.9 Å². The van der Waals surface area contributed by atoms with Gasteiger partial charge in [0.15, 0.2) is 47.1 Å². The molecule has 1 aliphatic heterocycles. The Morgan fingerprint density at radius 3 is 1.26 bits per heavy atom. The van der Waals surface area contributed by atoms with E-state index in [9.17, 15) is 8.78 Å². The fraction of sp³-hybridized carbons (Fsp3) is 0.220. The molecule has 1 saturated heterocycles. The van der Waals surface area contributed by atoms with Crippen LogP contribution in [0, 0.1) is 99.7 Å². The van der Waals surface area contributed by atoms with Crippen molar-refractivity contribution in [3.63, 3.8) is 0 Å². The van der Waals surface area contributed by atoms with Gasteiger partial charge in [0.05, 0.1) is 0 Å². The first kappa shape index (κ1) is 39.3. The summed E-state index contributed by atoms with van der Waals surface area (Å²) < 4.78 is 161. The molecule has 6 rings (SSSR count). The van der Waals surface area contributed by atoms with E-state index in [1.807, 2.05) is 65.8 Å². The molecule has 1 heterocycles. The summed E-state index contributed by atoms with van der Waals surface area (Å²) in [5, 5.41) is 1.48. The van der Waals surface area contributed by atoms with Gasteiger partial charge < -0.3 is 4.65 Å². The second-order valence-electron chi connectivity index (χ2n) is 14.1. The predicted octanol–water partition coefficient (Wildman–Crippen LogP) is 9.73. The average Bonchev–Trinajstić information content (AvgIpc) is 3.11. The second-order valence-corrected chi connectivity index (χ2v) is 17.7. The first-order chi connectivity index (χ1) is 25.4. The van der Waals surface area contributed by atoms with E-state index in [-0.39, 0.29) is 6.16 Å². The summed E-state index contributed by atoms with van der Waals surface area (Å²) in [4.78, 5) is 0. The molecule has 5 aromatic rings. The van der Waals surface area contributed by atoms with E-state index in [2.05, 4.69) is 0 Å². The molecule has 282 valence electrons. The average molecular weight is 774 g/mol. The minimum absolute atomic E-state index is 0.273. The van der Waals surface area contributed by atoms with Gasteiger partial charge in [-0.2, -0.15) is 0 Å². The van der Waals surface area contributed by atoms with Crippen LogP contribution in [-0.2, 0) is 4.65 Å². The van der Waals surface area contributed by atoms with Crippen LogP contribution in [0.15, 0.2) is 60.7 Å². The zero-order valence-corrected chi connectivity index (χ0v) is 30.9. The number of aryl methyl sites for hydroxylation is 6. The van der Waals surface area contributed by atoms with Crippen LogP contribution in [-0.4, -0.2) is 18.4 Å². The van der Waals surface area contributed by atoms with Gasteiger partial charge in [-0.25, -0.2) is 43.9 Å². The maximum atomic E-state index is 16.1. The van der Waals surface area contributed by atoms with Crippen LogP contribution in [0.3, 0.4) is 0 Å². The van der Waals surface area contributed by atoms with Crippen molar-refractivity contribution < 1.29 is 48.6 Å². The van der Waals surface area contributed by atoms with Crippen molar-refractivity contribution in [3.8, 4) is 0 Å². The molecule has 1 atom stereocenters. The summed E-state index contributed by atoms with van der Waals surface area (Å²) in [6.45, 7) is 11.1. The lowest BCUT2D eigenvalue weighted by Crippen LogP contribution is -2.70. The number of halogens is 10. The van der Waals surface area contributed by atoms with Gasteiger partial charge in [-0.1, -0.05) is 82.7 Å². The molecule has 5 aromatic carbocycles. The van der Waals surface area contributed by atoms with E-state index in [1.165, 1.54) is 6.08 Å². The monoisotopic (exact) mass is 774 g/mol. The van der Waals surface area contributed by atoms with Crippen molar-refractivity contribution in [2.45, 2.75) is 53.7 Å². The van der Waals surface area contributed by atoms with E-state index in [1.54, 1.807) is 36.4 Å². The van der Waals surface area contributed by atoms with Crippen molar-refractivity contribution >= 4 is 41.2 Å². The Hall–Kier alpha value is -4.41. The highest BCUT2D eigenvalue weighted by Gasteiger charge is 2.60. The van der Waals surface area contributed by atoms with Crippen LogP contribution < -0.4 is 21.5 Å². The molecule has 0 bridgehead atoms. The van der Waals surface area contributed by atoms with Gasteiger partial charge in [0.2, 0.25) is 0 Å². The van der Waals surface area contributed by atoms with E-state index in [4.69, 9.17) is 4.65 Å². The lowest BCUT2D eigenvalue weighted by molar-refractivity contribution is 0.309. The van der Waals surface area contributed by atoms with E-state index >= 15 is 35.1 Å². The Bertz CT molecular complexity index is 2130. The van der Waals surface area contributed by atoms with Gasteiger partial charge in [0.1, 0.15) is 41.1 Å². The predicted molar refractivity (Wildman–Crippen MR) is 195 cm³/mol. The molecule has 0 aromatic heterocycles. The fourth-order valence-corrected chi connectivity index (χ4v) is 14.5. The molecule has 54 heavy (non-hydrogen) atoms. The first-order valence-corrected chi connectivity index (χ1v) is 19.1. The second kappa shape index (κ2) is 14.3. The highest BCUT2D eigenvalue weighted by molar-refractivity contribution is 7.90. The van der Waals surface area contributed by atoms with Gasteiger partial charge in [0, 0.05) is 6.16 Å². The summed E-state index contributed by atoms with van der Waals surface area (Å²) in [5.74, 6) is -26.6. The quantitative estimate of drug-likeness (QED) is 0.0549. The van der Waals surface area contributed by atoms with Crippen LogP contribution in [0.2, 0.25) is 6.32 Å². The highest BCUT2D eigenvalue weighted by atomic mass is 31.2. The van der Waals surface area contributed by atoms with E-state index in [0.717, 1.165) is 44.0 Å².